The maximum absolute atomic E-state index is 14.0. The first-order valence-corrected chi connectivity index (χ1v) is 35.8. The molecule has 6 atom stereocenters. The number of carboxylic acid groups (broad SMARTS) is 1. The van der Waals surface area contributed by atoms with Crippen LogP contribution in [0.3, 0.4) is 0 Å². The molecule has 0 radical (unpaired) electrons. The molecule has 4 aromatic carbocycles. The van der Waals surface area contributed by atoms with Gasteiger partial charge >= 0.3 is 5.97 Å². The van der Waals surface area contributed by atoms with Crippen molar-refractivity contribution in [2.45, 2.75) is 97.0 Å². The van der Waals surface area contributed by atoms with Gasteiger partial charge < -0.3 is 46.3 Å². The quantitative estimate of drug-likeness (QED) is 0.0179. The molecule has 8 N–H and O–H groups in total. The number of benzene rings is 4. The van der Waals surface area contributed by atoms with Crippen LogP contribution >= 0.6 is 21.6 Å². The van der Waals surface area contributed by atoms with Crippen molar-refractivity contribution in [3.8, 4) is 44.5 Å². The van der Waals surface area contributed by atoms with Crippen LogP contribution in [0.4, 0.5) is 11.4 Å². The SMILES string of the molecule is C[C@]12CC[C@H]3[C@@H](CCC4=C/C(=N\OCC(=O)NCCSSCCNC(=O)CCC(=O)Nc5ccccc5-c5c6nc(c(-c7ccccc7NC(=O)CCC(=O)O)c7ccc([nH]7)c(-c7ccccc7)c7nc(c(-c8ccccc8)c8ccc5[nH]8)C=C7)C=C6)CC[C@@]43C)[C@@H]1CC[C@@H]2O. The molecule has 8 bridgehead atoms. The predicted octanol–water partition coefficient (Wildman–Crippen LogP) is 15.2. The van der Waals surface area contributed by atoms with E-state index in [1.165, 1.54) is 18.4 Å². The number of rotatable bonds is 22. The van der Waals surface area contributed by atoms with Crippen LogP contribution in [-0.4, -0.2) is 103 Å². The van der Waals surface area contributed by atoms with Crippen LogP contribution in [0.25, 0.3) is 90.9 Å². The molecule has 13 rings (SSSR count). The van der Waals surface area contributed by atoms with Crippen LogP contribution in [0.15, 0.2) is 150 Å². The first-order chi connectivity index (χ1) is 46.7. The summed E-state index contributed by atoms with van der Waals surface area (Å²) >= 11 is 0. The number of aromatic nitrogens is 4. The number of aliphatic hydroxyl groups excluding tert-OH is 1. The second-order valence-electron chi connectivity index (χ2n) is 26.2. The minimum Gasteiger partial charge on any atom is -0.481 e. The van der Waals surface area contributed by atoms with Crippen molar-refractivity contribution < 1.29 is 39.0 Å². The van der Waals surface area contributed by atoms with Gasteiger partial charge in [0.15, 0.2) is 6.61 Å². The molecule has 5 heterocycles. The Morgan fingerprint density at radius 1 is 0.552 bits per heavy atom. The summed E-state index contributed by atoms with van der Waals surface area (Å²) in [6, 6.07) is 43.1. The van der Waals surface area contributed by atoms with Gasteiger partial charge in [-0.15, -0.1) is 0 Å². The third-order valence-corrected chi connectivity index (χ3v) is 22.8. The Morgan fingerprint density at radius 2 is 1.04 bits per heavy atom. The monoisotopic (exact) mass is 1320 g/mol. The summed E-state index contributed by atoms with van der Waals surface area (Å²) < 4.78 is 0. The molecule has 3 fully saturated rings. The van der Waals surface area contributed by atoms with Crippen molar-refractivity contribution in [3.63, 3.8) is 0 Å². The van der Waals surface area contributed by atoms with Gasteiger partial charge in [0.05, 0.1) is 41.0 Å². The van der Waals surface area contributed by atoms with E-state index in [1.807, 2.05) is 127 Å². The van der Waals surface area contributed by atoms with Crippen LogP contribution in [0.5, 0.6) is 0 Å². The minimum atomic E-state index is -1.07. The summed E-state index contributed by atoms with van der Waals surface area (Å²) in [7, 11) is 3.19. The normalized spacial score (nSPS) is 21.1. The average molecular weight is 1320 g/mol. The van der Waals surface area contributed by atoms with Crippen LogP contribution < -0.4 is 21.3 Å². The molecule has 17 nitrogen and oxygen atoms in total. The number of aliphatic carboxylic acids is 1. The van der Waals surface area contributed by atoms with Crippen molar-refractivity contribution in [2.75, 3.05) is 41.8 Å². The number of nitrogens with zero attached hydrogens (tertiary/aromatic N) is 3. The highest BCUT2D eigenvalue weighted by Crippen LogP contribution is 2.65. The molecule has 4 aliphatic carbocycles. The van der Waals surface area contributed by atoms with Crippen LogP contribution in [0.2, 0.25) is 0 Å². The first-order valence-electron chi connectivity index (χ1n) is 33.3. The van der Waals surface area contributed by atoms with E-state index in [1.54, 1.807) is 27.7 Å². The van der Waals surface area contributed by atoms with Crippen molar-refractivity contribution >= 4 is 115 Å². The number of hydrogen-bond acceptors (Lipinski definition) is 12. The number of carbonyl (C=O) groups excluding carboxylic acids is 4. The van der Waals surface area contributed by atoms with Crippen LogP contribution in [-0.2, 0) is 28.8 Å². The fraction of sp³-hybridized carbons (Fsp3) is 0.325. The molecule has 96 heavy (non-hydrogen) atoms. The van der Waals surface area contributed by atoms with E-state index in [-0.39, 0.29) is 66.9 Å². The maximum atomic E-state index is 14.0. The van der Waals surface area contributed by atoms with Crippen molar-refractivity contribution in [3.05, 3.63) is 168 Å². The first kappa shape index (κ1) is 65.4. The van der Waals surface area contributed by atoms with E-state index < -0.39 is 11.9 Å². The lowest BCUT2D eigenvalue weighted by Gasteiger charge is -2.57. The lowest BCUT2D eigenvalue weighted by Crippen LogP contribution is -2.51. The maximum Gasteiger partial charge on any atom is 0.303 e. The molecule has 7 aromatic rings. The van der Waals surface area contributed by atoms with Gasteiger partial charge in [-0.2, -0.15) is 0 Å². The van der Waals surface area contributed by atoms with E-state index in [0.29, 0.717) is 98.4 Å². The second-order valence-corrected chi connectivity index (χ2v) is 28.9. The molecule has 0 saturated heterocycles. The van der Waals surface area contributed by atoms with Crippen molar-refractivity contribution in [1.29, 1.82) is 0 Å². The molecule has 6 aliphatic rings. The van der Waals surface area contributed by atoms with Gasteiger partial charge in [-0.25, -0.2) is 9.97 Å². The number of para-hydroxylation sites is 2. The number of carbonyl (C=O) groups is 5. The zero-order valence-corrected chi connectivity index (χ0v) is 55.6. The van der Waals surface area contributed by atoms with E-state index >= 15 is 0 Å². The summed E-state index contributed by atoms with van der Waals surface area (Å²) in [5.41, 5.74) is 15.4. The molecule has 4 amide bonds. The number of hydrogen-bond donors (Lipinski definition) is 8. The van der Waals surface area contributed by atoms with Gasteiger partial charge in [-0.3, -0.25) is 24.0 Å². The van der Waals surface area contributed by atoms with Crippen LogP contribution in [0, 0.1) is 28.6 Å². The molecule has 19 heteroatoms. The number of amides is 4. The third kappa shape index (κ3) is 14.0. The number of carboxylic acids is 1. The molecule has 3 saturated carbocycles. The third-order valence-electron chi connectivity index (χ3n) is 20.4. The largest absolute Gasteiger partial charge is 0.481 e. The van der Waals surface area contributed by atoms with E-state index in [4.69, 9.17) is 14.8 Å². The van der Waals surface area contributed by atoms with Gasteiger partial charge in [0.1, 0.15) is 0 Å². The Bertz CT molecular complexity index is 4450. The smallest absolute Gasteiger partial charge is 0.303 e. The summed E-state index contributed by atoms with van der Waals surface area (Å²) in [4.78, 5) is 88.7. The summed E-state index contributed by atoms with van der Waals surface area (Å²) in [5.74, 6) is 0.879. The van der Waals surface area contributed by atoms with Gasteiger partial charge in [0, 0.05) is 111 Å². The Balaban J connectivity index is 0.679. The average Bonchev–Trinajstić information content (AvgIpc) is 1.37. The Morgan fingerprint density at radius 3 is 1.59 bits per heavy atom. The standard InChI is InChI=1S/C77H79N9O8S2/c1-76-39-37-50(45-49(76)21-22-51-54-23-32-66(87)77(54,2)40-38-55(51)76)86-94-46-70(91)79-42-44-96-95-43-41-78-67(88)33-34-68(89)84-56-19-11-9-17-52(56)74-62-28-26-60(81-62)72(47-13-5-3-6-14-47)58-24-25-59(80-58)73(48-15-7-4-8-16-48)61-27-29-63(82-61)75(65-31-30-64(74)83-65)53-18-10-12-20-57(53)85-69(90)35-36-71(92)93/h3-20,24-31,45,51,54-55,66,81-82,87H,21-23,32-44,46H2,1-2H3,(H,78,88)(H,79,91)(H,84,89)(H,85,90)(H,92,93)/b72-58?,72-60?,73-59?,73-61?,74-62?,74-64?,75-63?,75-65?,86-50-/t51-,54-,55-,66-,76-,77-/m0/s1. The zero-order chi connectivity index (χ0) is 66.3. The molecule has 0 unspecified atom stereocenters. The van der Waals surface area contributed by atoms with Gasteiger partial charge in [0.2, 0.25) is 17.7 Å². The summed E-state index contributed by atoms with van der Waals surface area (Å²) in [5, 5.41) is 36.7. The topological polar surface area (TPSA) is 253 Å². The Labute approximate surface area is 566 Å². The highest BCUT2D eigenvalue weighted by Gasteiger charge is 2.58. The lowest BCUT2D eigenvalue weighted by atomic mass is 9.47. The Hall–Kier alpha value is -9.30. The molecule has 0 spiro atoms. The molecule has 492 valence electrons. The minimum absolute atomic E-state index is 0.0272. The second kappa shape index (κ2) is 29.0. The number of nitrogens with one attached hydrogen (secondary N) is 6. The lowest BCUT2D eigenvalue weighted by molar-refractivity contribution is -0.138. The van der Waals surface area contributed by atoms with E-state index in [0.717, 1.165) is 88.9 Å². The predicted molar refractivity (Wildman–Crippen MR) is 386 cm³/mol. The molecule has 3 aromatic heterocycles. The number of aromatic amines is 2. The molecular weight excluding hydrogens is 1240 g/mol. The highest BCUT2D eigenvalue weighted by molar-refractivity contribution is 8.76. The highest BCUT2D eigenvalue weighted by atomic mass is 33.1. The van der Waals surface area contributed by atoms with E-state index in [9.17, 15) is 34.2 Å². The number of H-pyrrole nitrogens is 2. The number of oxime groups is 1. The van der Waals surface area contributed by atoms with E-state index in [2.05, 4.69) is 80.6 Å². The molecular formula is C77H79N9O8S2. The number of fused-ring (bicyclic) bond motifs is 13. The van der Waals surface area contributed by atoms with Gasteiger partial charge in [-0.05, 0) is 158 Å². The Kier molecular flexibility index (Phi) is 19.7. The fourth-order valence-electron chi connectivity index (χ4n) is 15.6. The molecule has 2 aliphatic heterocycles. The number of anilines is 2. The van der Waals surface area contributed by atoms with Gasteiger partial charge in [-0.1, -0.05) is 143 Å². The summed E-state index contributed by atoms with van der Waals surface area (Å²) in [6.45, 7) is 5.50. The summed E-state index contributed by atoms with van der Waals surface area (Å²) in [6.07, 6.45) is 17.8. The van der Waals surface area contributed by atoms with Gasteiger partial charge in [0.25, 0.3) is 5.91 Å². The number of aliphatic hydroxyl groups is 1. The zero-order valence-electron chi connectivity index (χ0n) is 53.9. The fourth-order valence-corrected chi connectivity index (χ4v) is 17.4. The van der Waals surface area contributed by atoms with Crippen LogP contribution in [0.1, 0.15) is 114 Å². The van der Waals surface area contributed by atoms with Crippen molar-refractivity contribution in [1.82, 2.24) is 30.6 Å². The van der Waals surface area contributed by atoms with Crippen molar-refractivity contribution in [2.24, 2.45) is 33.7 Å². The number of allylic oxidation sites excluding steroid dienone is 2.